The third-order valence-corrected chi connectivity index (χ3v) is 8.83. The van der Waals surface area contributed by atoms with E-state index < -0.39 is 0 Å². The minimum atomic E-state index is 0.475. The molecule has 0 aliphatic carbocycles. The van der Waals surface area contributed by atoms with Gasteiger partial charge in [-0.3, -0.25) is 0 Å². The predicted molar refractivity (Wildman–Crippen MR) is 179 cm³/mol. The van der Waals surface area contributed by atoms with E-state index in [-0.39, 0.29) is 0 Å². The van der Waals surface area contributed by atoms with Crippen molar-refractivity contribution in [3.63, 3.8) is 0 Å². The van der Waals surface area contributed by atoms with E-state index in [1.165, 1.54) is 10.8 Å². The van der Waals surface area contributed by atoms with Crippen molar-refractivity contribution >= 4 is 43.6 Å². The summed E-state index contributed by atoms with van der Waals surface area (Å²) >= 11 is 0. The van der Waals surface area contributed by atoms with Crippen LogP contribution >= 0.6 is 0 Å². The summed E-state index contributed by atoms with van der Waals surface area (Å²) in [4.78, 5) is 0. The van der Waals surface area contributed by atoms with E-state index in [1.807, 2.05) is 0 Å². The maximum absolute atomic E-state index is 10.4. The molecule has 206 valence electrons. The first kappa shape index (κ1) is 25.6. The van der Waals surface area contributed by atoms with Crippen LogP contribution in [0.5, 0.6) is 0 Å². The SMILES string of the molecule is Cc1cccc(C)c1-n1c2ccccc2c2cc(-n3c4ccccc4c4ccccc43)cc(-c3c(C#N)cccc3C#N)c21. The molecule has 0 aliphatic rings. The molecule has 0 amide bonds. The van der Waals surface area contributed by atoms with Crippen molar-refractivity contribution in [2.45, 2.75) is 13.8 Å². The normalized spacial score (nSPS) is 11.4. The molecule has 0 N–H and O–H groups in total. The molecule has 0 bridgehead atoms. The Kier molecular flexibility index (Phi) is 5.66. The van der Waals surface area contributed by atoms with Crippen LogP contribution in [0.2, 0.25) is 0 Å². The van der Waals surface area contributed by atoms with Crippen molar-refractivity contribution in [2.75, 3.05) is 0 Å². The molecular weight excluding hydrogens is 536 g/mol. The van der Waals surface area contributed by atoms with E-state index in [2.05, 4.69) is 138 Å². The number of nitrogens with zero attached hydrogens (tertiary/aromatic N) is 4. The van der Waals surface area contributed by atoms with Gasteiger partial charge in [0.2, 0.25) is 0 Å². The Hall–Kier alpha value is -6.10. The highest BCUT2D eigenvalue weighted by Gasteiger charge is 2.24. The highest BCUT2D eigenvalue weighted by Crippen LogP contribution is 2.44. The average Bonchev–Trinajstić information content (AvgIpc) is 3.57. The van der Waals surface area contributed by atoms with Crippen molar-refractivity contribution in [2.24, 2.45) is 0 Å². The number of fused-ring (bicyclic) bond motifs is 6. The van der Waals surface area contributed by atoms with E-state index in [1.54, 1.807) is 18.2 Å². The molecule has 2 heterocycles. The van der Waals surface area contributed by atoms with Crippen LogP contribution < -0.4 is 0 Å². The van der Waals surface area contributed by atoms with E-state index in [0.717, 1.165) is 60.9 Å². The van der Waals surface area contributed by atoms with Gasteiger partial charge >= 0.3 is 0 Å². The lowest BCUT2D eigenvalue weighted by Crippen LogP contribution is -2.03. The Balaban J connectivity index is 1.64. The standard InChI is InChI=1S/C40H26N4/c1-25-11-9-12-26(2)39(25)44-37-20-8-5-17-32(37)33-21-29(22-34(40(33)44)38-27(23-41)13-10-14-28(38)24-42)43-35-18-6-3-15-30(35)31-16-4-7-19-36(31)43/h3-22H,1-2H3. The summed E-state index contributed by atoms with van der Waals surface area (Å²) in [6.45, 7) is 4.28. The Labute approximate surface area is 254 Å². The Morgan fingerprint density at radius 1 is 0.500 bits per heavy atom. The van der Waals surface area contributed by atoms with Gasteiger partial charge in [-0.2, -0.15) is 10.5 Å². The molecular formula is C40H26N4. The van der Waals surface area contributed by atoms with Crippen LogP contribution in [0.15, 0.2) is 121 Å². The summed E-state index contributed by atoms with van der Waals surface area (Å²) in [5, 5.41) is 25.2. The molecule has 44 heavy (non-hydrogen) atoms. The van der Waals surface area contributed by atoms with Crippen molar-refractivity contribution < 1.29 is 0 Å². The fraction of sp³-hybridized carbons (Fsp3) is 0.0500. The fourth-order valence-corrected chi connectivity index (χ4v) is 7.02. The number of hydrogen-bond donors (Lipinski definition) is 0. The number of aryl methyl sites for hydroxylation is 2. The maximum Gasteiger partial charge on any atom is 0.0998 e. The largest absolute Gasteiger partial charge is 0.309 e. The molecule has 0 radical (unpaired) electrons. The lowest BCUT2D eigenvalue weighted by Gasteiger charge is -2.18. The summed E-state index contributed by atoms with van der Waals surface area (Å²) in [5.41, 5.74) is 11.1. The summed E-state index contributed by atoms with van der Waals surface area (Å²) in [5.74, 6) is 0. The molecule has 2 aromatic heterocycles. The van der Waals surface area contributed by atoms with E-state index >= 15 is 0 Å². The molecule has 4 heteroatoms. The van der Waals surface area contributed by atoms with Crippen LogP contribution in [-0.2, 0) is 0 Å². The molecule has 4 nitrogen and oxygen atoms in total. The van der Waals surface area contributed by atoms with Crippen molar-refractivity contribution in [1.29, 1.82) is 10.5 Å². The van der Waals surface area contributed by atoms with Crippen molar-refractivity contribution in [1.82, 2.24) is 9.13 Å². The van der Waals surface area contributed by atoms with Gasteiger partial charge in [0.25, 0.3) is 0 Å². The zero-order chi connectivity index (χ0) is 29.9. The highest BCUT2D eigenvalue weighted by atomic mass is 15.0. The van der Waals surface area contributed by atoms with Gasteiger partial charge in [-0.15, -0.1) is 0 Å². The van der Waals surface area contributed by atoms with Crippen molar-refractivity contribution in [3.8, 4) is 34.6 Å². The fourth-order valence-electron chi connectivity index (χ4n) is 7.02. The number of hydrogen-bond acceptors (Lipinski definition) is 2. The van der Waals surface area contributed by atoms with Crippen LogP contribution in [0.1, 0.15) is 22.3 Å². The molecule has 0 saturated carbocycles. The summed E-state index contributed by atoms with van der Waals surface area (Å²) in [6.07, 6.45) is 0. The second-order valence-corrected chi connectivity index (χ2v) is 11.3. The Bertz CT molecular complexity index is 2440. The van der Waals surface area contributed by atoms with Gasteiger partial charge in [-0.25, -0.2) is 0 Å². The lowest BCUT2D eigenvalue weighted by atomic mass is 9.92. The molecule has 8 rings (SSSR count). The summed E-state index contributed by atoms with van der Waals surface area (Å²) in [6, 6.07) is 46.4. The second-order valence-electron chi connectivity index (χ2n) is 11.3. The van der Waals surface area contributed by atoms with Gasteiger partial charge in [-0.1, -0.05) is 78.9 Å². The molecule has 8 aromatic rings. The molecule has 0 aliphatic heterocycles. The number of nitriles is 2. The maximum atomic E-state index is 10.4. The lowest BCUT2D eigenvalue weighted by molar-refractivity contribution is 1.12. The van der Waals surface area contributed by atoms with Gasteiger partial charge < -0.3 is 9.13 Å². The first-order valence-corrected chi connectivity index (χ1v) is 14.7. The minimum Gasteiger partial charge on any atom is -0.309 e. The first-order chi connectivity index (χ1) is 21.6. The van der Waals surface area contributed by atoms with Gasteiger partial charge in [0.05, 0.1) is 51.0 Å². The van der Waals surface area contributed by atoms with Crippen molar-refractivity contribution in [3.05, 3.63) is 144 Å². The van der Waals surface area contributed by atoms with E-state index in [0.29, 0.717) is 16.7 Å². The predicted octanol–water partition coefficient (Wildman–Crippen LogP) is 9.91. The van der Waals surface area contributed by atoms with E-state index in [4.69, 9.17) is 0 Å². The summed E-state index contributed by atoms with van der Waals surface area (Å²) < 4.78 is 4.63. The zero-order valence-corrected chi connectivity index (χ0v) is 24.3. The molecule has 0 spiro atoms. The topological polar surface area (TPSA) is 57.4 Å². The van der Waals surface area contributed by atoms with Crippen LogP contribution in [0.3, 0.4) is 0 Å². The smallest absolute Gasteiger partial charge is 0.0998 e. The second kappa shape index (κ2) is 9.73. The van der Waals surface area contributed by atoms with Crippen LogP contribution in [0.25, 0.3) is 66.1 Å². The van der Waals surface area contributed by atoms with Gasteiger partial charge in [0, 0.05) is 38.4 Å². The van der Waals surface area contributed by atoms with Crippen LogP contribution in [-0.4, -0.2) is 9.13 Å². The van der Waals surface area contributed by atoms with Crippen LogP contribution in [0, 0.1) is 36.5 Å². The molecule has 0 unspecified atom stereocenters. The molecule has 0 atom stereocenters. The molecule has 0 saturated heterocycles. The van der Waals surface area contributed by atoms with Gasteiger partial charge in [0.1, 0.15) is 0 Å². The third-order valence-electron chi connectivity index (χ3n) is 8.83. The Morgan fingerprint density at radius 2 is 0.977 bits per heavy atom. The summed E-state index contributed by atoms with van der Waals surface area (Å²) in [7, 11) is 0. The average molecular weight is 563 g/mol. The van der Waals surface area contributed by atoms with Gasteiger partial charge in [-0.05, 0) is 67.4 Å². The number of benzene rings is 6. The Morgan fingerprint density at radius 3 is 1.52 bits per heavy atom. The zero-order valence-electron chi connectivity index (χ0n) is 24.3. The monoisotopic (exact) mass is 562 g/mol. The first-order valence-electron chi connectivity index (χ1n) is 14.7. The quantitative estimate of drug-likeness (QED) is 0.215. The third kappa shape index (κ3) is 3.56. The molecule has 6 aromatic carbocycles. The van der Waals surface area contributed by atoms with E-state index in [9.17, 15) is 10.5 Å². The number of rotatable bonds is 3. The van der Waals surface area contributed by atoms with Gasteiger partial charge in [0.15, 0.2) is 0 Å². The minimum absolute atomic E-state index is 0.475. The highest BCUT2D eigenvalue weighted by molar-refractivity contribution is 6.16. The number of para-hydroxylation sites is 4. The van der Waals surface area contributed by atoms with Crippen LogP contribution in [0.4, 0.5) is 0 Å². The number of aromatic nitrogens is 2. The molecule has 0 fully saturated rings.